The van der Waals surface area contributed by atoms with Crippen molar-refractivity contribution in [2.75, 3.05) is 52.7 Å². The number of aliphatic hydroxyl groups is 1. The second kappa shape index (κ2) is 8.41. The first kappa shape index (κ1) is 14.4. The highest BCUT2D eigenvalue weighted by molar-refractivity contribution is 5.78. The Morgan fingerprint density at radius 3 is 2.59 bits per heavy atom. The molecule has 1 rings (SSSR count). The zero-order valence-electron chi connectivity index (χ0n) is 10.1. The largest absolute Gasteiger partial charge is 0.396 e. The van der Waals surface area contributed by atoms with Gasteiger partial charge in [-0.25, -0.2) is 0 Å². The van der Waals surface area contributed by atoms with E-state index in [9.17, 15) is 4.79 Å². The minimum Gasteiger partial charge on any atom is -0.396 e. The number of carbonyl (C=O) groups is 1. The maximum absolute atomic E-state index is 11.5. The second-order valence-electron chi connectivity index (χ2n) is 4.11. The van der Waals surface area contributed by atoms with Crippen molar-refractivity contribution in [3.63, 3.8) is 0 Å². The number of hydrogen-bond donors (Lipinski definition) is 2. The molecule has 6 heteroatoms. The standard InChI is InChI=1S/C11H22N2O4/c12-1-3-16-5-6-17-4-2-13-8-10(9-14)7-11(13)15/h10,14H,1-9,12H2. The molecule has 0 saturated carbocycles. The van der Waals surface area contributed by atoms with Gasteiger partial charge in [0.25, 0.3) is 0 Å². The molecule has 0 bridgehead atoms. The Bertz CT molecular complexity index is 226. The fourth-order valence-electron chi connectivity index (χ4n) is 1.77. The maximum atomic E-state index is 11.5. The van der Waals surface area contributed by atoms with E-state index in [1.165, 1.54) is 0 Å². The molecule has 0 aromatic rings. The molecule has 1 aliphatic rings. The summed E-state index contributed by atoms with van der Waals surface area (Å²) in [6, 6.07) is 0. The number of hydrogen-bond acceptors (Lipinski definition) is 5. The van der Waals surface area contributed by atoms with Gasteiger partial charge in [-0.15, -0.1) is 0 Å². The van der Waals surface area contributed by atoms with Crippen molar-refractivity contribution < 1.29 is 19.4 Å². The number of carbonyl (C=O) groups excluding carboxylic acids is 1. The first-order chi connectivity index (χ1) is 8.27. The predicted octanol–water partition coefficient (Wildman–Crippen LogP) is -1.18. The van der Waals surface area contributed by atoms with Gasteiger partial charge in [0.05, 0.1) is 26.4 Å². The zero-order chi connectivity index (χ0) is 12.5. The predicted molar refractivity (Wildman–Crippen MR) is 62.5 cm³/mol. The van der Waals surface area contributed by atoms with Gasteiger partial charge >= 0.3 is 0 Å². The van der Waals surface area contributed by atoms with Crippen LogP contribution in [-0.2, 0) is 14.3 Å². The van der Waals surface area contributed by atoms with E-state index in [0.717, 1.165) is 0 Å². The number of likely N-dealkylation sites (tertiary alicyclic amines) is 1. The molecule has 1 aliphatic heterocycles. The summed E-state index contributed by atoms with van der Waals surface area (Å²) in [6.45, 7) is 3.94. The number of nitrogens with zero attached hydrogens (tertiary/aromatic N) is 1. The van der Waals surface area contributed by atoms with E-state index in [1.54, 1.807) is 4.90 Å². The van der Waals surface area contributed by atoms with E-state index in [2.05, 4.69) is 0 Å². The van der Waals surface area contributed by atoms with Gasteiger partial charge in [0.1, 0.15) is 0 Å². The lowest BCUT2D eigenvalue weighted by Crippen LogP contribution is -2.29. The first-order valence-corrected chi connectivity index (χ1v) is 6.02. The molecule has 1 heterocycles. The van der Waals surface area contributed by atoms with Crippen LogP contribution in [0.1, 0.15) is 6.42 Å². The van der Waals surface area contributed by atoms with Crippen LogP contribution in [0.5, 0.6) is 0 Å². The van der Waals surface area contributed by atoms with Crippen LogP contribution in [0.25, 0.3) is 0 Å². The zero-order valence-corrected chi connectivity index (χ0v) is 10.1. The van der Waals surface area contributed by atoms with Gasteiger partial charge in [-0.1, -0.05) is 0 Å². The maximum Gasteiger partial charge on any atom is 0.223 e. The van der Waals surface area contributed by atoms with Gasteiger partial charge in [0.2, 0.25) is 5.91 Å². The normalized spacial score (nSPS) is 20.2. The highest BCUT2D eigenvalue weighted by atomic mass is 16.5. The van der Waals surface area contributed by atoms with Crippen LogP contribution in [0.3, 0.4) is 0 Å². The van der Waals surface area contributed by atoms with Crippen LogP contribution in [-0.4, -0.2) is 68.6 Å². The highest BCUT2D eigenvalue weighted by Crippen LogP contribution is 2.16. The van der Waals surface area contributed by atoms with Gasteiger partial charge in [-0.2, -0.15) is 0 Å². The SMILES string of the molecule is NCCOCCOCCN1CC(CO)CC1=O. The van der Waals surface area contributed by atoms with Crippen LogP contribution in [0, 0.1) is 5.92 Å². The Kier molecular flexibility index (Phi) is 7.11. The third-order valence-corrected chi connectivity index (χ3v) is 2.69. The number of nitrogens with two attached hydrogens (primary N) is 1. The molecule has 1 unspecified atom stereocenters. The van der Waals surface area contributed by atoms with Crippen LogP contribution in [0.15, 0.2) is 0 Å². The molecule has 1 saturated heterocycles. The Balaban J connectivity index is 1.98. The molecule has 100 valence electrons. The summed E-state index contributed by atoms with van der Waals surface area (Å²) in [5, 5.41) is 8.96. The summed E-state index contributed by atoms with van der Waals surface area (Å²) in [5.74, 6) is 0.197. The summed E-state index contributed by atoms with van der Waals surface area (Å²) in [6.07, 6.45) is 0.454. The molecule has 1 fully saturated rings. The van der Waals surface area contributed by atoms with E-state index in [1.807, 2.05) is 0 Å². The van der Waals surface area contributed by atoms with Crippen molar-refractivity contribution in [1.29, 1.82) is 0 Å². The van der Waals surface area contributed by atoms with Crippen molar-refractivity contribution in [2.45, 2.75) is 6.42 Å². The average Bonchev–Trinajstić information content (AvgIpc) is 2.69. The quantitative estimate of drug-likeness (QED) is 0.500. The molecule has 1 atom stereocenters. The van der Waals surface area contributed by atoms with Gasteiger partial charge in [-0.05, 0) is 0 Å². The molecular formula is C11H22N2O4. The van der Waals surface area contributed by atoms with Gasteiger partial charge in [0, 0.05) is 38.6 Å². The Labute approximate surface area is 102 Å². The van der Waals surface area contributed by atoms with Crippen molar-refractivity contribution >= 4 is 5.91 Å². The fourth-order valence-corrected chi connectivity index (χ4v) is 1.77. The number of ether oxygens (including phenoxy) is 2. The van der Waals surface area contributed by atoms with E-state index >= 15 is 0 Å². The summed E-state index contributed by atoms with van der Waals surface area (Å²) in [5.41, 5.74) is 5.26. The van der Waals surface area contributed by atoms with Gasteiger partial charge in [0.15, 0.2) is 0 Å². The molecule has 3 N–H and O–H groups in total. The molecule has 0 radical (unpaired) electrons. The number of aliphatic hydroxyl groups excluding tert-OH is 1. The monoisotopic (exact) mass is 246 g/mol. The molecule has 0 aromatic heterocycles. The smallest absolute Gasteiger partial charge is 0.223 e. The molecule has 1 amide bonds. The number of rotatable bonds is 9. The second-order valence-corrected chi connectivity index (χ2v) is 4.11. The Morgan fingerprint density at radius 2 is 2.00 bits per heavy atom. The third-order valence-electron chi connectivity index (χ3n) is 2.69. The van der Waals surface area contributed by atoms with E-state index in [0.29, 0.717) is 52.5 Å². The topological polar surface area (TPSA) is 85.0 Å². The van der Waals surface area contributed by atoms with E-state index < -0.39 is 0 Å². The Hall–Kier alpha value is -0.690. The summed E-state index contributed by atoms with van der Waals surface area (Å²) in [4.78, 5) is 13.2. The summed E-state index contributed by atoms with van der Waals surface area (Å²) in [7, 11) is 0. The average molecular weight is 246 g/mol. The van der Waals surface area contributed by atoms with Crippen molar-refractivity contribution in [3.05, 3.63) is 0 Å². The van der Waals surface area contributed by atoms with Crippen molar-refractivity contribution in [3.8, 4) is 0 Å². The minimum absolute atomic E-state index is 0.0794. The van der Waals surface area contributed by atoms with E-state index in [-0.39, 0.29) is 18.4 Å². The lowest BCUT2D eigenvalue weighted by Gasteiger charge is -2.16. The van der Waals surface area contributed by atoms with Crippen molar-refractivity contribution in [1.82, 2.24) is 4.90 Å². The van der Waals surface area contributed by atoms with Crippen LogP contribution >= 0.6 is 0 Å². The summed E-state index contributed by atoms with van der Waals surface area (Å²) < 4.78 is 10.5. The van der Waals surface area contributed by atoms with Gasteiger partial charge < -0.3 is 25.2 Å². The molecule has 0 spiro atoms. The summed E-state index contributed by atoms with van der Waals surface area (Å²) >= 11 is 0. The fraction of sp³-hybridized carbons (Fsp3) is 0.909. The lowest BCUT2D eigenvalue weighted by atomic mass is 10.1. The van der Waals surface area contributed by atoms with Crippen LogP contribution in [0.2, 0.25) is 0 Å². The third kappa shape index (κ3) is 5.45. The van der Waals surface area contributed by atoms with E-state index in [4.69, 9.17) is 20.3 Å². The van der Waals surface area contributed by atoms with Crippen LogP contribution < -0.4 is 5.73 Å². The van der Waals surface area contributed by atoms with Gasteiger partial charge in [-0.3, -0.25) is 4.79 Å². The lowest BCUT2D eigenvalue weighted by molar-refractivity contribution is -0.128. The molecule has 0 aromatic carbocycles. The minimum atomic E-state index is 0.0794. The molecule has 17 heavy (non-hydrogen) atoms. The molecule has 6 nitrogen and oxygen atoms in total. The molecular weight excluding hydrogens is 224 g/mol. The Morgan fingerprint density at radius 1 is 1.29 bits per heavy atom. The molecule has 0 aliphatic carbocycles. The number of amides is 1. The van der Waals surface area contributed by atoms with Crippen molar-refractivity contribution in [2.24, 2.45) is 11.7 Å². The first-order valence-electron chi connectivity index (χ1n) is 6.02. The van der Waals surface area contributed by atoms with Crippen LogP contribution in [0.4, 0.5) is 0 Å². The highest BCUT2D eigenvalue weighted by Gasteiger charge is 2.28.